The largest absolute Gasteiger partial charge is 0.433 e. The molecule has 4 heterocycles. The summed E-state index contributed by atoms with van der Waals surface area (Å²) in [6, 6.07) is 10.6. The molecule has 1 saturated heterocycles. The van der Waals surface area contributed by atoms with Crippen LogP contribution in [0.1, 0.15) is 43.3 Å². The van der Waals surface area contributed by atoms with Gasteiger partial charge in [0.1, 0.15) is 11.5 Å². The van der Waals surface area contributed by atoms with E-state index in [9.17, 15) is 18.0 Å². The van der Waals surface area contributed by atoms with E-state index in [2.05, 4.69) is 25.9 Å². The van der Waals surface area contributed by atoms with Gasteiger partial charge in [-0.15, -0.1) is 0 Å². The third-order valence-corrected chi connectivity index (χ3v) is 5.77. The molecule has 1 amide bonds. The van der Waals surface area contributed by atoms with Crippen LogP contribution in [0.25, 0.3) is 5.70 Å². The standard InChI is InChI=1S/C26H28F3N7O/c1-3-7-18(19-8-4-11-22(33-19)26(27,28)29)34-24(21-10-6-15-36(21)2)32-17-12-14-31-23(16-17)35-25(37)20-9-5-13-30-20/h4,6-8,10-12,14-16,20,30H,3,5,9,13H2,1-2H3,(H2,31,32,34,35,37)/b18-7+. The van der Waals surface area contributed by atoms with E-state index in [1.165, 1.54) is 12.1 Å². The van der Waals surface area contributed by atoms with Gasteiger partial charge in [-0.2, -0.15) is 13.2 Å². The number of amides is 1. The number of allylic oxidation sites excluding steroid dienone is 1. The summed E-state index contributed by atoms with van der Waals surface area (Å²) in [6.45, 7) is 2.67. The second-order valence-corrected chi connectivity index (χ2v) is 8.56. The van der Waals surface area contributed by atoms with E-state index in [0.717, 1.165) is 25.5 Å². The van der Waals surface area contributed by atoms with Crippen molar-refractivity contribution >= 4 is 28.9 Å². The third kappa shape index (κ3) is 6.62. The highest BCUT2D eigenvalue weighted by atomic mass is 19.4. The zero-order valence-electron chi connectivity index (χ0n) is 20.5. The zero-order valence-corrected chi connectivity index (χ0v) is 20.5. The molecule has 1 unspecified atom stereocenters. The molecule has 4 rings (SSSR count). The summed E-state index contributed by atoms with van der Waals surface area (Å²) < 4.78 is 41.7. The molecule has 0 radical (unpaired) electrons. The number of hydrogen-bond donors (Lipinski definition) is 3. The molecular formula is C26H28F3N7O. The number of aromatic nitrogens is 3. The molecule has 3 aromatic heterocycles. The molecule has 1 aliphatic heterocycles. The maximum Gasteiger partial charge on any atom is 0.433 e. The quantitative estimate of drug-likeness (QED) is 0.312. The van der Waals surface area contributed by atoms with Crippen LogP contribution in [0.2, 0.25) is 0 Å². The highest BCUT2D eigenvalue weighted by Gasteiger charge is 2.32. The first kappa shape index (κ1) is 26.1. The van der Waals surface area contributed by atoms with Gasteiger partial charge < -0.3 is 20.5 Å². The normalized spacial score (nSPS) is 16.6. The van der Waals surface area contributed by atoms with Crippen molar-refractivity contribution in [3.05, 3.63) is 78.0 Å². The molecule has 11 heteroatoms. The fourth-order valence-electron chi connectivity index (χ4n) is 3.95. The van der Waals surface area contributed by atoms with Gasteiger partial charge in [0.2, 0.25) is 5.91 Å². The smallest absolute Gasteiger partial charge is 0.348 e. The molecule has 1 atom stereocenters. The molecule has 0 aromatic carbocycles. The molecule has 0 saturated carbocycles. The van der Waals surface area contributed by atoms with E-state index < -0.39 is 11.9 Å². The van der Waals surface area contributed by atoms with E-state index in [-0.39, 0.29) is 17.6 Å². The van der Waals surface area contributed by atoms with Crippen LogP contribution in [0.5, 0.6) is 0 Å². The van der Waals surface area contributed by atoms with E-state index >= 15 is 0 Å². The fourth-order valence-corrected chi connectivity index (χ4v) is 3.95. The predicted molar refractivity (Wildman–Crippen MR) is 137 cm³/mol. The van der Waals surface area contributed by atoms with Crippen LogP contribution in [0.15, 0.2) is 65.9 Å². The van der Waals surface area contributed by atoms with Gasteiger partial charge in [0.05, 0.1) is 23.1 Å². The Balaban J connectivity index is 1.67. The van der Waals surface area contributed by atoms with Gasteiger partial charge in [-0.05, 0) is 56.1 Å². The number of rotatable bonds is 7. The second-order valence-electron chi connectivity index (χ2n) is 8.56. The summed E-state index contributed by atoms with van der Waals surface area (Å²) in [5.41, 5.74) is 0.718. The maximum atomic E-state index is 13.3. The van der Waals surface area contributed by atoms with Crippen LogP contribution in [0.3, 0.4) is 0 Å². The molecule has 1 fully saturated rings. The van der Waals surface area contributed by atoms with Crippen molar-refractivity contribution in [3.8, 4) is 0 Å². The van der Waals surface area contributed by atoms with E-state index in [4.69, 9.17) is 4.99 Å². The minimum Gasteiger partial charge on any atom is -0.348 e. The summed E-state index contributed by atoms with van der Waals surface area (Å²) in [5, 5.41) is 9.22. The number of carbonyl (C=O) groups excluding carboxylic acids is 1. The number of amidine groups is 1. The topological polar surface area (TPSA) is 96.2 Å². The molecule has 1 aliphatic rings. The lowest BCUT2D eigenvalue weighted by molar-refractivity contribution is -0.141. The molecule has 0 bridgehead atoms. The number of carbonyl (C=O) groups is 1. The number of aryl methyl sites for hydroxylation is 1. The SMILES string of the molecule is CC/C=C(/N=C(Nc1ccnc(NC(=O)C2CCCN2)c1)c1cccn1C)c1cccc(C(F)(F)F)n1. The number of pyridine rings is 2. The minimum absolute atomic E-state index is 0.108. The van der Waals surface area contributed by atoms with Crippen LogP contribution >= 0.6 is 0 Å². The van der Waals surface area contributed by atoms with Crippen LogP contribution in [-0.4, -0.2) is 38.9 Å². The Morgan fingerprint density at radius 1 is 1.24 bits per heavy atom. The number of aliphatic imine (C=N–C) groups is 1. The molecule has 3 aromatic rings. The van der Waals surface area contributed by atoms with Crippen LogP contribution < -0.4 is 16.0 Å². The number of halogens is 3. The van der Waals surface area contributed by atoms with Crippen molar-refractivity contribution in [2.75, 3.05) is 17.2 Å². The predicted octanol–water partition coefficient (Wildman–Crippen LogP) is 4.83. The van der Waals surface area contributed by atoms with Crippen molar-refractivity contribution < 1.29 is 18.0 Å². The summed E-state index contributed by atoms with van der Waals surface area (Å²) in [5.74, 6) is 0.619. The van der Waals surface area contributed by atoms with Gasteiger partial charge in [0.25, 0.3) is 0 Å². The molecule has 194 valence electrons. The van der Waals surface area contributed by atoms with E-state index in [0.29, 0.717) is 35.2 Å². The first-order valence-corrected chi connectivity index (χ1v) is 12.0. The summed E-state index contributed by atoms with van der Waals surface area (Å²) in [6.07, 6.45) is 2.80. The molecular weight excluding hydrogens is 483 g/mol. The monoisotopic (exact) mass is 511 g/mol. The molecule has 0 spiro atoms. The maximum absolute atomic E-state index is 13.3. The number of anilines is 2. The second kappa shape index (κ2) is 11.4. The van der Waals surface area contributed by atoms with Gasteiger partial charge in [-0.25, -0.2) is 15.0 Å². The number of nitrogens with zero attached hydrogens (tertiary/aromatic N) is 4. The minimum atomic E-state index is -4.57. The van der Waals surface area contributed by atoms with E-state index in [1.807, 2.05) is 36.9 Å². The number of hydrogen-bond acceptors (Lipinski definition) is 5. The highest BCUT2D eigenvalue weighted by molar-refractivity contribution is 6.09. The first-order valence-electron chi connectivity index (χ1n) is 12.0. The Bertz CT molecular complexity index is 1310. The Kier molecular flexibility index (Phi) is 8.02. The Labute approximate surface area is 212 Å². The van der Waals surface area contributed by atoms with Gasteiger partial charge in [-0.3, -0.25) is 4.79 Å². The lowest BCUT2D eigenvalue weighted by Crippen LogP contribution is -2.35. The van der Waals surface area contributed by atoms with Crippen molar-refractivity contribution in [1.82, 2.24) is 19.9 Å². The lowest BCUT2D eigenvalue weighted by atomic mass is 10.2. The first-order chi connectivity index (χ1) is 17.7. The fraction of sp³-hybridized carbons (Fsp3) is 0.308. The van der Waals surface area contributed by atoms with Gasteiger partial charge in [0.15, 0.2) is 5.84 Å². The van der Waals surface area contributed by atoms with Crippen LogP contribution in [-0.2, 0) is 18.0 Å². The van der Waals surface area contributed by atoms with Gasteiger partial charge in [0, 0.05) is 31.2 Å². The molecule has 8 nitrogen and oxygen atoms in total. The van der Waals surface area contributed by atoms with E-state index in [1.54, 1.807) is 24.4 Å². The average Bonchev–Trinajstić information content (AvgIpc) is 3.55. The summed E-state index contributed by atoms with van der Waals surface area (Å²) in [7, 11) is 1.84. The van der Waals surface area contributed by atoms with Crippen molar-refractivity contribution in [3.63, 3.8) is 0 Å². The van der Waals surface area contributed by atoms with Crippen LogP contribution in [0.4, 0.5) is 24.7 Å². The number of nitrogens with one attached hydrogen (secondary N) is 3. The molecule has 3 N–H and O–H groups in total. The zero-order chi connectivity index (χ0) is 26.4. The van der Waals surface area contributed by atoms with Crippen molar-refractivity contribution in [2.45, 2.75) is 38.4 Å². The Morgan fingerprint density at radius 3 is 2.76 bits per heavy atom. The Hall–Kier alpha value is -3.99. The average molecular weight is 512 g/mol. The highest BCUT2D eigenvalue weighted by Crippen LogP contribution is 2.29. The molecule has 37 heavy (non-hydrogen) atoms. The van der Waals surface area contributed by atoms with Gasteiger partial charge >= 0.3 is 6.18 Å². The van der Waals surface area contributed by atoms with Gasteiger partial charge in [-0.1, -0.05) is 19.1 Å². The summed E-state index contributed by atoms with van der Waals surface area (Å²) >= 11 is 0. The number of alkyl halides is 3. The van der Waals surface area contributed by atoms with Crippen molar-refractivity contribution in [1.29, 1.82) is 0 Å². The molecule has 0 aliphatic carbocycles. The summed E-state index contributed by atoms with van der Waals surface area (Å²) in [4.78, 5) is 25.3. The van der Waals surface area contributed by atoms with Crippen molar-refractivity contribution in [2.24, 2.45) is 12.0 Å². The third-order valence-electron chi connectivity index (χ3n) is 5.77. The Morgan fingerprint density at radius 2 is 2.08 bits per heavy atom. The lowest BCUT2D eigenvalue weighted by Gasteiger charge is -2.15. The van der Waals surface area contributed by atoms with Crippen LogP contribution in [0, 0.1) is 0 Å².